The van der Waals surface area contributed by atoms with Gasteiger partial charge in [0.05, 0.1) is 10.5 Å². The smallest absolute Gasteiger partial charge is 0.241 e. The number of sulfonamides is 1. The van der Waals surface area contributed by atoms with Crippen LogP contribution in [0.25, 0.3) is 0 Å². The number of benzene rings is 1. The molecular weight excluding hydrogens is 336 g/mol. The van der Waals surface area contributed by atoms with Gasteiger partial charge in [-0.15, -0.1) is 0 Å². The van der Waals surface area contributed by atoms with Gasteiger partial charge in [-0.25, -0.2) is 13.1 Å². The molecule has 2 rings (SSSR count). The van der Waals surface area contributed by atoms with E-state index in [9.17, 15) is 8.42 Å². The lowest BCUT2D eigenvalue weighted by atomic mass is 10.0. The normalized spacial score (nSPS) is 18.2. The summed E-state index contributed by atoms with van der Waals surface area (Å²) in [7, 11) is -1.59. The van der Waals surface area contributed by atoms with Crippen LogP contribution in [0.1, 0.15) is 25.8 Å². The third kappa shape index (κ3) is 5.51. The van der Waals surface area contributed by atoms with E-state index in [-0.39, 0.29) is 16.5 Å². The molecule has 1 heterocycles. The fourth-order valence-electron chi connectivity index (χ4n) is 3.17. The second-order valence-corrected chi connectivity index (χ2v) is 8.82. The number of nitrogens with zero attached hydrogens (tertiary/aromatic N) is 3. The van der Waals surface area contributed by atoms with E-state index >= 15 is 0 Å². The zero-order valence-electron chi connectivity index (χ0n) is 15.3. The minimum Gasteiger partial charge on any atom is -0.304 e. The third-order valence-corrected chi connectivity index (χ3v) is 6.09. The van der Waals surface area contributed by atoms with Crippen LogP contribution in [0.5, 0.6) is 0 Å². The van der Waals surface area contributed by atoms with Crippen LogP contribution in [0, 0.1) is 17.2 Å². The van der Waals surface area contributed by atoms with Crippen LogP contribution < -0.4 is 4.72 Å². The molecule has 1 atom stereocenters. The first-order chi connectivity index (χ1) is 11.8. The molecule has 7 heteroatoms. The third-order valence-electron chi connectivity index (χ3n) is 4.60. The second-order valence-electron chi connectivity index (χ2n) is 7.08. The molecular formula is C18H28N4O2S. The van der Waals surface area contributed by atoms with E-state index in [4.69, 9.17) is 5.26 Å². The predicted molar refractivity (Wildman–Crippen MR) is 98.7 cm³/mol. The molecule has 0 bridgehead atoms. The minimum absolute atomic E-state index is 0.0548. The lowest BCUT2D eigenvalue weighted by Gasteiger charge is -2.38. The summed E-state index contributed by atoms with van der Waals surface area (Å²) in [5, 5.41) is 9.15. The Bertz CT molecular complexity index is 704. The number of rotatable bonds is 7. The van der Waals surface area contributed by atoms with Gasteiger partial charge in [0.25, 0.3) is 0 Å². The number of hydrogen-bond acceptors (Lipinski definition) is 5. The highest BCUT2D eigenvalue weighted by Crippen LogP contribution is 2.17. The van der Waals surface area contributed by atoms with Crippen molar-refractivity contribution in [1.29, 1.82) is 5.26 Å². The van der Waals surface area contributed by atoms with Gasteiger partial charge in [-0.2, -0.15) is 5.26 Å². The van der Waals surface area contributed by atoms with Crippen molar-refractivity contribution in [3.63, 3.8) is 0 Å². The highest BCUT2D eigenvalue weighted by Gasteiger charge is 2.26. The molecule has 1 fully saturated rings. The molecule has 25 heavy (non-hydrogen) atoms. The standard InChI is InChI=1S/C18H28N4O2S/c1-15(2)12-17(22-10-8-21(3)9-11-22)14-20-25(23,24)18-7-5-4-6-16(18)13-19/h4-7,15,17,20H,8-12,14H2,1-3H3. The van der Waals surface area contributed by atoms with Gasteiger partial charge in [0.15, 0.2) is 0 Å². The fraction of sp³-hybridized carbons (Fsp3) is 0.611. The summed E-state index contributed by atoms with van der Waals surface area (Å²) in [6.07, 6.45) is 0.937. The van der Waals surface area contributed by atoms with E-state index in [0.717, 1.165) is 32.6 Å². The van der Waals surface area contributed by atoms with E-state index < -0.39 is 10.0 Å². The molecule has 1 aromatic rings. The maximum absolute atomic E-state index is 12.6. The minimum atomic E-state index is -3.69. The van der Waals surface area contributed by atoms with Crippen LogP contribution in [0.2, 0.25) is 0 Å². The Hall–Kier alpha value is -1.46. The number of nitrogens with one attached hydrogen (secondary N) is 1. The summed E-state index contributed by atoms with van der Waals surface area (Å²) in [6.45, 7) is 8.57. The molecule has 0 aliphatic carbocycles. The van der Waals surface area contributed by atoms with Gasteiger partial charge >= 0.3 is 0 Å². The van der Waals surface area contributed by atoms with Crippen LogP contribution >= 0.6 is 0 Å². The van der Waals surface area contributed by atoms with Gasteiger partial charge in [-0.3, -0.25) is 4.90 Å². The molecule has 0 amide bonds. The summed E-state index contributed by atoms with van der Waals surface area (Å²) in [5.74, 6) is 0.487. The highest BCUT2D eigenvalue weighted by atomic mass is 32.2. The largest absolute Gasteiger partial charge is 0.304 e. The number of nitriles is 1. The molecule has 0 radical (unpaired) electrons. The molecule has 1 aliphatic rings. The van der Waals surface area contributed by atoms with E-state index in [1.807, 2.05) is 6.07 Å². The van der Waals surface area contributed by atoms with Crippen molar-refractivity contribution in [1.82, 2.24) is 14.5 Å². The van der Waals surface area contributed by atoms with Gasteiger partial charge in [0, 0.05) is 38.8 Å². The Morgan fingerprint density at radius 2 is 1.84 bits per heavy atom. The van der Waals surface area contributed by atoms with E-state index in [2.05, 4.69) is 35.4 Å². The van der Waals surface area contributed by atoms with E-state index in [1.165, 1.54) is 12.1 Å². The van der Waals surface area contributed by atoms with Gasteiger partial charge in [-0.1, -0.05) is 26.0 Å². The fourth-order valence-corrected chi connectivity index (χ4v) is 4.40. The van der Waals surface area contributed by atoms with E-state index in [1.54, 1.807) is 12.1 Å². The summed E-state index contributed by atoms with van der Waals surface area (Å²) in [6, 6.07) is 8.44. The molecule has 0 spiro atoms. The average molecular weight is 365 g/mol. The van der Waals surface area contributed by atoms with Crippen molar-refractivity contribution in [2.45, 2.75) is 31.2 Å². The Labute approximate surface area is 151 Å². The predicted octanol–water partition coefficient (Wildman–Crippen LogP) is 1.50. The van der Waals surface area contributed by atoms with Crippen molar-refractivity contribution < 1.29 is 8.42 Å². The molecule has 1 unspecified atom stereocenters. The zero-order chi connectivity index (χ0) is 18.4. The molecule has 1 saturated heterocycles. The van der Waals surface area contributed by atoms with Crippen molar-refractivity contribution in [2.75, 3.05) is 39.8 Å². The molecule has 1 N–H and O–H groups in total. The molecule has 6 nitrogen and oxygen atoms in total. The van der Waals surface area contributed by atoms with Gasteiger partial charge in [0.1, 0.15) is 6.07 Å². The van der Waals surface area contributed by atoms with Crippen LogP contribution in [0.15, 0.2) is 29.2 Å². The molecule has 138 valence electrons. The van der Waals surface area contributed by atoms with Crippen molar-refractivity contribution in [3.05, 3.63) is 29.8 Å². The van der Waals surface area contributed by atoms with Crippen LogP contribution in [0.3, 0.4) is 0 Å². The maximum Gasteiger partial charge on any atom is 0.241 e. The van der Waals surface area contributed by atoms with Crippen LogP contribution in [0.4, 0.5) is 0 Å². The molecule has 1 aromatic carbocycles. The van der Waals surface area contributed by atoms with Crippen molar-refractivity contribution in [2.24, 2.45) is 5.92 Å². The average Bonchev–Trinajstić information content (AvgIpc) is 2.59. The first kappa shape index (κ1) is 19.9. The summed E-state index contributed by atoms with van der Waals surface area (Å²) < 4.78 is 28.0. The van der Waals surface area contributed by atoms with Gasteiger partial charge < -0.3 is 4.90 Å². The van der Waals surface area contributed by atoms with Gasteiger partial charge in [0.2, 0.25) is 10.0 Å². The van der Waals surface area contributed by atoms with Gasteiger partial charge in [-0.05, 0) is 31.5 Å². The van der Waals surface area contributed by atoms with Crippen LogP contribution in [-0.4, -0.2) is 64.0 Å². The number of likely N-dealkylation sites (N-methyl/N-ethyl adjacent to an activating group) is 1. The monoisotopic (exact) mass is 364 g/mol. The van der Waals surface area contributed by atoms with Crippen LogP contribution in [-0.2, 0) is 10.0 Å². The van der Waals surface area contributed by atoms with E-state index in [0.29, 0.717) is 12.5 Å². The number of hydrogen-bond donors (Lipinski definition) is 1. The highest BCUT2D eigenvalue weighted by molar-refractivity contribution is 7.89. The quantitative estimate of drug-likeness (QED) is 0.793. The SMILES string of the molecule is CC(C)CC(CNS(=O)(=O)c1ccccc1C#N)N1CCN(C)CC1. The molecule has 0 saturated carbocycles. The van der Waals surface area contributed by atoms with Crippen molar-refractivity contribution in [3.8, 4) is 6.07 Å². The summed E-state index contributed by atoms with van der Waals surface area (Å²) >= 11 is 0. The number of piperazine rings is 1. The Kier molecular flexibility index (Phi) is 6.96. The first-order valence-corrected chi connectivity index (χ1v) is 10.2. The zero-order valence-corrected chi connectivity index (χ0v) is 16.1. The topological polar surface area (TPSA) is 76.4 Å². The molecule has 1 aliphatic heterocycles. The first-order valence-electron chi connectivity index (χ1n) is 8.75. The Morgan fingerprint density at radius 1 is 1.20 bits per heavy atom. The van der Waals surface area contributed by atoms with Crippen molar-refractivity contribution >= 4 is 10.0 Å². The summed E-state index contributed by atoms with van der Waals surface area (Å²) in [5.41, 5.74) is 0.176. The Balaban J connectivity index is 2.10. The lowest BCUT2D eigenvalue weighted by molar-refractivity contribution is 0.102. The lowest BCUT2D eigenvalue weighted by Crippen LogP contribution is -2.52. The Morgan fingerprint density at radius 3 is 2.44 bits per heavy atom. The molecule has 0 aromatic heterocycles. The summed E-state index contributed by atoms with van der Waals surface area (Å²) in [4.78, 5) is 4.72. The maximum atomic E-state index is 12.6. The second kappa shape index (κ2) is 8.77.